The third-order valence-corrected chi connectivity index (χ3v) is 4.59. The van der Waals surface area contributed by atoms with Crippen LogP contribution in [-0.2, 0) is 19.1 Å². The van der Waals surface area contributed by atoms with E-state index in [-0.39, 0.29) is 24.8 Å². The van der Waals surface area contributed by atoms with Crippen molar-refractivity contribution in [3.05, 3.63) is 60.3 Å². The number of H-pyrrole nitrogens is 1. The van der Waals surface area contributed by atoms with Gasteiger partial charge >= 0.3 is 5.97 Å². The average Bonchev–Trinajstić information content (AvgIpc) is 3.22. The van der Waals surface area contributed by atoms with Gasteiger partial charge in [0.15, 0.2) is 5.82 Å². The second kappa shape index (κ2) is 10.2. The maximum Gasteiger partial charge on any atom is 0.309 e. The quantitative estimate of drug-likeness (QED) is 0.543. The summed E-state index contributed by atoms with van der Waals surface area (Å²) in [7, 11) is 0. The molecule has 1 aliphatic heterocycles. The predicted octanol–water partition coefficient (Wildman–Crippen LogP) is 2.50. The summed E-state index contributed by atoms with van der Waals surface area (Å²) >= 11 is 0. The molecule has 2 aromatic rings. The predicted molar refractivity (Wildman–Crippen MR) is 107 cm³/mol. The Morgan fingerprint density at radius 3 is 2.76 bits per heavy atom. The van der Waals surface area contributed by atoms with Crippen LogP contribution in [0.3, 0.4) is 0 Å². The van der Waals surface area contributed by atoms with Crippen molar-refractivity contribution >= 4 is 23.6 Å². The van der Waals surface area contributed by atoms with Gasteiger partial charge in [-0.3, -0.25) is 19.5 Å². The first-order valence-corrected chi connectivity index (χ1v) is 9.57. The molecule has 0 radical (unpaired) electrons. The van der Waals surface area contributed by atoms with Crippen LogP contribution in [0.5, 0.6) is 0 Å². The summed E-state index contributed by atoms with van der Waals surface area (Å²) in [6.07, 6.45) is 6.53. The molecule has 2 heterocycles. The van der Waals surface area contributed by atoms with E-state index in [9.17, 15) is 14.4 Å². The number of allylic oxidation sites excluding steroid dienone is 2. The molecule has 0 aliphatic carbocycles. The van der Waals surface area contributed by atoms with E-state index in [1.165, 1.54) is 0 Å². The maximum atomic E-state index is 12.7. The lowest BCUT2D eigenvalue weighted by molar-refractivity contribution is -0.151. The highest BCUT2D eigenvalue weighted by Gasteiger charge is 2.25. The molecule has 0 unspecified atom stereocenters. The molecule has 0 spiro atoms. The largest absolute Gasteiger partial charge is 0.463 e. The summed E-state index contributed by atoms with van der Waals surface area (Å²) in [5.74, 6) is -1.10. The van der Waals surface area contributed by atoms with Gasteiger partial charge in [-0.15, -0.1) is 0 Å². The van der Waals surface area contributed by atoms with Crippen molar-refractivity contribution in [1.29, 1.82) is 0 Å². The number of nitrogens with one attached hydrogen (secondary N) is 3. The van der Waals surface area contributed by atoms with Gasteiger partial charge in [0.1, 0.15) is 6.61 Å². The molecule has 1 aromatic carbocycles. The third kappa shape index (κ3) is 6.31. The number of carbonyl (C=O) groups is 3. The summed E-state index contributed by atoms with van der Waals surface area (Å²) < 4.78 is 5.49. The molecule has 2 amide bonds. The van der Waals surface area contributed by atoms with E-state index >= 15 is 0 Å². The molecule has 1 aromatic heterocycles. The standard InChI is InChI=1S/C21H24N4O4/c26-19-10-6-2-5-9-16(13-20(27)24-18-11-12-22-25-18)21(28)29-14-17(23-19)15-7-3-1-4-8-15/h1-5,7-8,11-12,16-17H,6,9-10,13-14H2,(H,23,26)(H2,22,24,25,27)/t16-,17-/m0/s1. The van der Waals surface area contributed by atoms with Crippen LogP contribution in [0.25, 0.3) is 0 Å². The van der Waals surface area contributed by atoms with E-state index in [2.05, 4.69) is 20.8 Å². The van der Waals surface area contributed by atoms with Gasteiger partial charge in [0.25, 0.3) is 0 Å². The first kappa shape index (κ1) is 20.3. The van der Waals surface area contributed by atoms with Crippen molar-refractivity contribution in [3.63, 3.8) is 0 Å². The summed E-state index contributed by atoms with van der Waals surface area (Å²) in [4.78, 5) is 37.1. The Morgan fingerprint density at radius 1 is 1.17 bits per heavy atom. The van der Waals surface area contributed by atoms with Gasteiger partial charge in [-0.25, -0.2) is 0 Å². The number of anilines is 1. The molecule has 152 valence electrons. The Labute approximate surface area is 168 Å². The Hall–Kier alpha value is -3.42. The lowest BCUT2D eigenvalue weighted by atomic mass is 10.00. The van der Waals surface area contributed by atoms with E-state index in [1.54, 1.807) is 12.3 Å². The number of amides is 2. The smallest absolute Gasteiger partial charge is 0.309 e. The van der Waals surface area contributed by atoms with E-state index in [4.69, 9.17) is 4.74 Å². The minimum atomic E-state index is -0.614. The Kier molecular flexibility index (Phi) is 7.16. The van der Waals surface area contributed by atoms with Crippen LogP contribution in [0.2, 0.25) is 0 Å². The first-order chi connectivity index (χ1) is 14.1. The molecular formula is C21H24N4O4. The van der Waals surface area contributed by atoms with Crippen LogP contribution in [0, 0.1) is 5.92 Å². The van der Waals surface area contributed by atoms with Gasteiger partial charge in [-0.05, 0) is 18.4 Å². The minimum Gasteiger partial charge on any atom is -0.463 e. The number of carbonyl (C=O) groups excluding carboxylic acids is 3. The van der Waals surface area contributed by atoms with E-state index < -0.39 is 17.9 Å². The third-order valence-electron chi connectivity index (χ3n) is 4.59. The molecule has 3 N–H and O–H groups in total. The van der Waals surface area contributed by atoms with Crippen LogP contribution in [0.1, 0.15) is 37.3 Å². The lowest BCUT2D eigenvalue weighted by Crippen LogP contribution is -2.33. The molecular weight excluding hydrogens is 372 g/mol. The molecule has 0 fully saturated rings. The SMILES string of the molecule is O=C(C[C@@H]1CC=CCCC(=O)N[C@H](c2ccccc2)COC1=O)Nc1cc[nH]n1. The Morgan fingerprint density at radius 2 is 2.00 bits per heavy atom. The van der Waals surface area contributed by atoms with Crippen LogP contribution in [0.4, 0.5) is 5.82 Å². The van der Waals surface area contributed by atoms with Gasteiger partial charge in [0.05, 0.1) is 12.0 Å². The molecule has 0 bridgehead atoms. The van der Waals surface area contributed by atoms with Gasteiger partial charge in [-0.1, -0.05) is 42.5 Å². The molecule has 1 aliphatic rings. The van der Waals surface area contributed by atoms with Crippen LogP contribution >= 0.6 is 0 Å². The highest BCUT2D eigenvalue weighted by molar-refractivity contribution is 5.92. The summed E-state index contributed by atoms with van der Waals surface area (Å²) in [6, 6.07) is 10.6. The summed E-state index contributed by atoms with van der Waals surface area (Å²) in [5, 5.41) is 12.1. The van der Waals surface area contributed by atoms with Crippen molar-refractivity contribution < 1.29 is 19.1 Å². The zero-order valence-electron chi connectivity index (χ0n) is 16.0. The number of nitrogens with zero attached hydrogens (tertiary/aromatic N) is 1. The van der Waals surface area contributed by atoms with E-state index in [0.717, 1.165) is 5.56 Å². The normalized spacial score (nSPS) is 20.7. The molecule has 3 rings (SSSR count). The van der Waals surface area contributed by atoms with Gasteiger partial charge in [-0.2, -0.15) is 5.10 Å². The fourth-order valence-electron chi connectivity index (χ4n) is 3.06. The average molecular weight is 396 g/mol. The Balaban J connectivity index is 1.69. The number of benzene rings is 1. The minimum absolute atomic E-state index is 0.00971. The maximum absolute atomic E-state index is 12.7. The molecule has 0 saturated carbocycles. The molecule has 8 nitrogen and oxygen atoms in total. The van der Waals surface area contributed by atoms with Crippen LogP contribution in [-0.4, -0.2) is 34.6 Å². The highest BCUT2D eigenvalue weighted by Crippen LogP contribution is 2.19. The number of hydrogen-bond donors (Lipinski definition) is 3. The van der Waals surface area contributed by atoms with Crippen molar-refractivity contribution in [2.24, 2.45) is 5.92 Å². The fraction of sp³-hybridized carbons (Fsp3) is 0.333. The number of rotatable bonds is 4. The van der Waals surface area contributed by atoms with Crippen molar-refractivity contribution in [3.8, 4) is 0 Å². The van der Waals surface area contributed by atoms with Gasteiger partial charge in [0.2, 0.25) is 11.8 Å². The monoisotopic (exact) mass is 396 g/mol. The van der Waals surface area contributed by atoms with E-state index in [0.29, 0.717) is 25.1 Å². The van der Waals surface area contributed by atoms with Crippen LogP contribution < -0.4 is 10.6 Å². The van der Waals surface area contributed by atoms with Crippen molar-refractivity contribution in [2.75, 3.05) is 11.9 Å². The number of cyclic esters (lactones) is 1. The molecule has 8 heteroatoms. The highest BCUT2D eigenvalue weighted by atomic mass is 16.5. The van der Waals surface area contributed by atoms with Gasteiger partial charge in [0, 0.05) is 25.1 Å². The topological polar surface area (TPSA) is 113 Å². The van der Waals surface area contributed by atoms with Gasteiger partial charge < -0.3 is 15.4 Å². The first-order valence-electron chi connectivity index (χ1n) is 9.57. The molecule has 0 saturated heterocycles. The lowest BCUT2D eigenvalue weighted by Gasteiger charge is -2.21. The second-order valence-electron chi connectivity index (χ2n) is 6.82. The molecule has 29 heavy (non-hydrogen) atoms. The van der Waals surface area contributed by atoms with E-state index in [1.807, 2.05) is 42.5 Å². The van der Waals surface area contributed by atoms with Crippen LogP contribution in [0.15, 0.2) is 54.7 Å². The Bertz CT molecular complexity index is 849. The number of aromatic nitrogens is 2. The second-order valence-corrected chi connectivity index (χ2v) is 6.82. The van der Waals surface area contributed by atoms with Crippen molar-refractivity contribution in [2.45, 2.75) is 31.7 Å². The summed E-state index contributed by atoms with van der Waals surface area (Å²) in [5.41, 5.74) is 0.856. The zero-order chi connectivity index (χ0) is 20.5. The number of esters is 1. The van der Waals surface area contributed by atoms with Crippen molar-refractivity contribution in [1.82, 2.24) is 15.5 Å². The zero-order valence-corrected chi connectivity index (χ0v) is 16.0. The number of hydrogen-bond acceptors (Lipinski definition) is 5. The fourth-order valence-corrected chi connectivity index (χ4v) is 3.06. The summed E-state index contributed by atoms with van der Waals surface area (Å²) in [6.45, 7) is 0.00971. The number of aromatic amines is 1. The molecule has 2 atom stereocenters. The number of ether oxygens (including phenoxy) is 1.